The zero-order chi connectivity index (χ0) is 13.8. The Morgan fingerprint density at radius 2 is 2.47 bits per heavy atom. The average Bonchev–Trinajstić information content (AvgIpc) is 3.01. The monoisotopic (exact) mass is 411 g/mol. The van der Waals surface area contributed by atoms with Crippen LogP contribution in [-0.2, 0) is 14.3 Å². The molecule has 0 amide bonds. The number of hydrogen-bond acceptors (Lipinski definition) is 5. The van der Waals surface area contributed by atoms with Crippen molar-refractivity contribution in [2.45, 2.75) is 25.0 Å². The largest absolute Gasteiger partial charge is 0.468 e. The molecule has 1 N–H and O–H groups in total. The predicted molar refractivity (Wildman–Crippen MR) is 81.5 cm³/mol. The van der Waals surface area contributed by atoms with Crippen LogP contribution in [-0.4, -0.2) is 32.3 Å². The minimum atomic E-state index is -0.443. The summed E-state index contributed by atoms with van der Waals surface area (Å²) in [6.45, 7) is 1.47. The van der Waals surface area contributed by atoms with E-state index >= 15 is 0 Å². The highest BCUT2D eigenvalue weighted by molar-refractivity contribution is 9.13. The number of rotatable bonds is 5. The van der Waals surface area contributed by atoms with Crippen molar-refractivity contribution in [2.24, 2.45) is 0 Å². The number of ether oxygens (including phenoxy) is 2. The molecule has 0 spiro atoms. The number of halogens is 2. The quantitative estimate of drug-likeness (QED) is 0.754. The lowest BCUT2D eigenvalue weighted by molar-refractivity contribution is -0.143. The van der Waals surface area contributed by atoms with Crippen molar-refractivity contribution in [1.82, 2.24) is 5.32 Å². The molecular formula is C12H15Br2NO3S. The second-order valence-corrected chi connectivity index (χ2v) is 7.53. The van der Waals surface area contributed by atoms with Crippen LogP contribution in [0.15, 0.2) is 14.3 Å². The van der Waals surface area contributed by atoms with Gasteiger partial charge in [-0.05, 0) is 50.8 Å². The third-order valence-electron chi connectivity index (χ3n) is 2.96. The van der Waals surface area contributed by atoms with E-state index < -0.39 is 6.04 Å². The lowest BCUT2D eigenvalue weighted by Gasteiger charge is -2.17. The Bertz CT molecular complexity index is 427. The molecule has 0 radical (unpaired) electrons. The molecule has 19 heavy (non-hydrogen) atoms. The first-order valence-corrected chi connectivity index (χ1v) is 8.39. The Morgan fingerprint density at radius 3 is 3.00 bits per heavy atom. The van der Waals surface area contributed by atoms with E-state index in [1.54, 1.807) is 0 Å². The fourth-order valence-corrected chi connectivity index (χ4v) is 4.13. The second kappa shape index (κ2) is 7.17. The maximum atomic E-state index is 11.9. The summed E-state index contributed by atoms with van der Waals surface area (Å²) in [4.78, 5) is 12.8. The average molecular weight is 413 g/mol. The van der Waals surface area contributed by atoms with Crippen molar-refractivity contribution in [3.05, 3.63) is 19.2 Å². The molecule has 1 aromatic heterocycles. The van der Waals surface area contributed by atoms with Gasteiger partial charge in [0.25, 0.3) is 0 Å². The Morgan fingerprint density at radius 1 is 1.68 bits per heavy atom. The summed E-state index contributed by atoms with van der Waals surface area (Å²) in [7, 11) is 1.40. The molecule has 2 rings (SSSR count). The summed E-state index contributed by atoms with van der Waals surface area (Å²) in [5.41, 5.74) is 0. The van der Waals surface area contributed by atoms with Crippen LogP contribution >= 0.6 is 43.2 Å². The minimum Gasteiger partial charge on any atom is -0.468 e. The van der Waals surface area contributed by atoms with Crippen LogP contribution in [0.1, 0.15) is 23.8 Å². The molecule has 0 aliphatic carbocycles. The normalized spacial score (nSPS) is 20.5. The highest BCUT2D eigenvalue weighted by Gasteiger charge is 2.26. The van der Waals surface area contributed by atoms with Gasteiger partial charge >= 0.3 is 5.97 Å². The smallest absolute Gasteiger partial charge is 0.328 e. The van der Waals surface area contributed by atoms with Crippen molar-refractivity contribution in [1.29, 1.82) is 0 Å². The second-order valence-electron chi connectivity index (χ2n) is 4.27. The molecule has 1 aliphatic heterocycles. The van der Waals surface area contributed by atoms with Crippen LogP contribution in [0.25, 0.3) is 0 Å². The van der Waals surface area contributed by atoms with Gasteiger partial charge in [0.15, 0.2) is 0 Å². The first kappa shape index (κ1) is 15.4. The maximum Gasteiger partial charge on any atom is 0.328 e. The molecule has 106 valence electrons. The number of esters is 1. The van der Waals surface area contributed by atoms with Crippen LogP contribution in [0.2, 0.25) is 0 Å². The Balaban J connectivity index is 2.04. The topological polar surface area (TPSA) is 47.6 Å². The fraction of sp³-hybridized carbons (Fsp3) is 0.583. The number of carbonyl (C=O) groups is 1. The van der Waals surface area contributed by atoms with Gasteiger partial charge in [-0.2, -0.15) is 0 Å². The van der Waals surface area contributed by atoms with E-state index in [2.05, 4.69) is 37.2 Å². The van der Waals surface area contributed by atoms with Crippen molar-refractivity contribution in [2.75, 3.05) is 20.3 Å². The minimum absolute atomic E-state index is 0.194. The molecule has 2 atom stereocenters. The summed E-state index contributed by atoms with van der Waals surface area (Å²) in [5, 5.41) is 3.24. The van der Waals surface area contributed by atoms with Gasteiger partial charge in [0.05, 0.1) is 17.0 Å². The van der Waals surface area contributed by atoms with Crippen LogP contribution in [0.5, 0.6) is 0 Å². The summed E-state index contributed by atoms with van der Waals surface area (Å²) >= 11 is 8.39. The molecule has 1 saturated heterocycles. The molecule has 0 bridgehead atoms. The summed E-state index contributed by atoms with van der Waals surface area (Å²) in [6.07, 6.45) is 2.32. The van der Waals surface area contributed by atoms with E-state index in [9.17, 15) is 4.79 Å². The van der Waals surface area contributed by atoms with Crippen molar-refractivity contribution >= 4 is 49.2 Å². The van der Waals surface area contributed by atoms with Gasteiger partial charge in [0, 0.05) is 22.5 Å². The number of methoxy groups -OCH3 is 1. The molecule has 7 heteroatoms. The van der Waals surface area contributed by atoms with E-state index in [1.165, 1.54) is 18.4 Å². The number of thiophene rings is 1. The van der Waals surface area contributed by atoms with Crippen molar-refractivity contribution < 1.29 is 14.3 Å². The maximum absolute atomic E-state index is 11.9. The first-order chi connectivity index (χ1) is 9.11. The van der Waals surface area contributed by atoms with E-state index in [4.69, 9.17) is 9.47 Å². The van der Waals surface area contributed by atoms with Crippen molar-refractivity contribution in [3.63, 3.8) is 0 Å². The highest BCUT2D eigenvalue weighted by atomic mass is 79.9. The first-order valence-electron chi connectivity index (χ1n) is 5.99. The predicted octanol–water partition coefficient (Wildman–Crippen LogP) is 3.26. The van der Waals surface area contributed by atoms with Gasteiger partial charge in [-0.25, -0.2) is 4.79 Å². The van der Waals surface area contributed by atoms with Gasteiger partial charge in [-0.1, -0.05) is 0 Å². The molecule has 0 saturated carbocycles. The van der Waals surface area contributed by atoms with Crippen molar-refractivity contribution in [3.8, 4) is 0 Å². The van der Waals surface area contributed by atoms with E-state index in [0.717, 1.165) is 32.6 Å². The third-order valence-corrected chi connectivity index (χ3v) is 6.28. The van der Waals surface area contributed by atoms with Crippen LogP contribution in [0.3, 0.4) is 0 Å². The summed E-state index contributed by atoms with van der Waals surface area (Å²) in [5.74, 6) is -0.278. The van der Waals surface area contributed by atoms with E-state index in [0.29, 0.717) is 6.54 Å². The van der Waals surface area contributed by atoms with Crippen LogP contribution < -0.4 is 5.32 Å². The fourth-order valence-electron chi connectivity index (χ4n) is 1.98. The Labute approximate surface area is 133 Å². The van der Waals surface area contributed by atoms with Crippen LogP contribution in [0.4, 0.5) is 0 Å². The molecular weight excluding hydrogens is 398 g/mol. The molecule has 0 aromatic carbocycles. The number of nitrogens with one attached hydrogen (secondary N) is 1. The Hall–Kier alpha value is 0.0500. The summed E-state index contributed by atoms with van der Waals surface area (Å²) < 4.78 is 12.3. The Kier molecular flexibility index (Phi) is 5.83. The third kappa shape index (κ3) is 4.01. The molecule has 1 aliphatic rings. The molecule has 2 unspecified atom stereocenters. The standard InChI is InChI=1S/C12H15Br2NO3S/c1-17-12(16)10(9-5-8(13)11(14)19-9)15-6-7-3-2-4-18-7/h5,7,10,15H,2-4,6H2,1H3. The SMILES string of the molecule is COC(=O)C(NCC1CCCO1)c1cc(Br)c(Br)s1. The van der Waals surface area contributed by atoms with E-state index in [-0.39, 0.29) is 12.1 Å². The zero-order valence-electron chi connectivity index (χ0n) is 10.4. The molecule has 2 heterocycles. The highest BCUT2D eigenvalue weighted by Crippen LogP contribution is 2.35. The summed E-state index contributed by atoms with van der Waals surface area (Å²) in [6, 6.07) is 1.49. The molecule has 1 fully saturated rings. The van der Waals surface area contributed by atoms with E-state index in [1.807, 2.05) is 6.07 Å². The van der Waals surface area contributed by atoms with Crippen LogP contribution in [0, 0.1) is 0 Å². The molecule has 1 aromatic rings. The number of carbonyl (C=O) groups excluding carboxylic acids is 1. The number of hydrogen-bond donors (Lipinski definition) is 1. The zero-order valence-corrected chi connectivity index (χ0v) is 14.4. The van der Waals surface area contributed by atoms with Gasteiger partial charge < -0.3 is 9.47 Å². The lowest BCUT2D eigenvalue weighted by Crippen LogP contribution is -2.34. The molecule has 4 nitrogen and oxygen atoms in total. The van der Waals surface area contributed by atoms with Gasteiger partial charge in [-0.3, -0.25) is 5.32 Å². The lowest BCUT2D eigenvalue weighted by atomic mass is 10.2. The van der Waals surface area contributed by atoms with Gasteiger partial charge in [0.2, 0.25) is 0 Å². The van der Waals surface area contributed by atoms with Gasteiger partial charge in [-0.15, -0.1) is 11.3 Å². The van der Waals surface area contributed by atoms with Gasteiger partial charge in [0.1, 0.15) is 6.04 Å².